The van der Waals surface area contributed by atoms with Crippen molar-refractivity contribution < 1.29 is 9.53 Å². The van der Waals surface area contributed by atoms with Crippen LogP contribution in [-0.2, 0) is 4.79 Å². The van der Waals surface area contributed by atoms with E-state index in [4.69, 9.17) is 27.9 Å². The Bertz CT molecular complexity index is 1110. The molecule has 0 aliphatic rings. The minimum atomic E-state index is -0.290. The van der Waals surface area contributed by atoms with Crippen LogP contribution in [0.15, 0.2) is 59.6 Å². The van der Waals surface area contributed by atoms with Crippen molar-refractivity contribution >= 4 is 46.7 Å². The minimum Gasteiger partial charge on any atom is -0.483 e. The molecule has 0 spiro atoms. The summed E-state index contributed by atoms with van der Waals surface area (Å²) in [7, 11) is 0. The number of benzene rings is 3. The molecule has 0 unspecified atom stereocenters. The summed E-state index contributed by atoms with van der Waals surface area (Å²) in [6.45, 7) is 5.85. The van der Waals surface area contributed by atoms with Crippen molar-refractivity contribution in [2.24, 2.45) is 4.99 Å². The molecule has 0 aromatic heterocycles. The first kappa shape index (κ1) is 21.9. The number of nitrogens with one attached hydrogen (secondary N) is 1. The SMILES string of the molecule is Cc1ccc(N=Cc2cc(Cl)ccc2OCC(=O)Nc2ccc(C)c(Cl)c2)cc1C. The maximum Gasteiger partial charge on any atom is 0.262 e. The number of carbonyl (C=O) groups is 1. The Hall–Kier alpha value is -2.82. The van der Waals surface area contributed by atoms with Gasteiger partial charge in [0.25, 0.3) is 5.91 Å². The van der Waals surface area contributed by atoms with Gasteiger partial charge < -0.3 is 10.1 Å². The van der Waals surface area contributed by atoms with Gasteiger partial charge in [-0.15, -0.1) is 0 Å². The Morgan fingerprint density at radius 3 is 2.47 bits per heavy atom. The third-order valence-corrected chi connectivity index (χ3v) is 5.27. The van der Waals surface area contributed by atoms with E-state index in [2.05, 4.69) is 17.2 Å². The molecule has 154 valence electrons. The van der Waals surface area contributed by atoms with Crippen molar-refractivity contribution in [1.82, 2.24) is 0 Å². The highest BCUT2D eigenvalue weighted by Crippen LogP contribution is 2.24. The standard InChI is InChI=1S/C24H22Cl2N2O2/c1-15-4-7-20(10-17(15)3)27-13-18-11-19(25)6-9-23(18)30-14-24(29)28-21-8-5-16(2)22(26)12-21/h4-13H,14H2,1-3H3,(H,28,29). The zero-order valence-electron chi connectivity index (χ0n) is 17.0. The lowest BCUT2D eigenvalue weighted by molar-refractivity contribution is -0.118. The first-order valence-corrected chi connectivity index (χ1v) is 10.2. The highest BCUT2D eigenvalue weighted by molar-refractivity contribution is 6.31. The maximum atomic E-state index is 12.3. The lowest BCUT2D eigenvalue weighted by Crippen LogP contribution is -2.20. The average Bonchev–Trinajstić information content (AvgIpc) is 2.71. The number of hydrogen-bond donors (Lipinski definition) is 1. The van der Waals surface area contributed by atoms with Crippen LogP contribution >= 0.6 is 23.2 Å². The van der Waals surface area contributed by atoms with Crippen molar-refractivity contribution in [3.63, 3.8) is 0 Å². The number of hydrogen-bond acceptors (Lipinski definition) is 3. The van der Waals surface area contributed by atoms with Crippen LogP contribution in [0.5, 0.6) is 5.75 Å². The van der Waals surface area contributed by atoms with Gasteiger partial charge in [0.05, 0.1) is 5.69 Å². The molecular formula is C24H22Cl2N2O2. The number of aliphatic imine (C=N–C) groups is 1. The van der Waals surface area contributed by atoms with Crippen LogP contribution in [-0.4, -0.2) is 18.7 Å². The molecule has 6 heteroatoms. The second-order valence-electron chi connectivity index (χ2n) is 7.01. The van der Waals surface area contributed by atoms with Gasteiger partial charge in [0, 0.05) is 27.5 Å². The number of rotatable bonds is 6. The summed E-state index contributed by atoms with van der Waals surface area (Å²) in [6.07, 6.45) is 1.68. The van der Waals surface area contributed by atoms with Crippen LogP contribution in [0.2, 0.25) is 10.0 Å². The number of aryl methyl sites for hydroxylation is 3. The third kappa shape index (κ3) is 5.85. The van der Waals surface area contributed by atoms with E-state index in [1.54, 1.807) is 36.5 Å². The highest BCUT2D eigenvalue weighted by Gasteiger charge is 2.08. The van der Waals surface area contributed by atoms with Gasteiger partial charge in [0.2, 0.25) is 0 Å². The molecule has 3 rings (SSSR count). The van der Waals surface area contributed by atoms with E-state index in [1.165, 1.54) is 11.1 Å². The molecule has 1 N–H and O–H groups in total. The van der Waals surface area contributed by atoms with Crippen LogP contribution in [0.4, 0.5) is 11.4 Å². The second-order valence-corrected chi connectivity index (χ2v) is 7.85. The van der Waals surface area contributed by atoms with Gasteiger partial charge in [-0.1, -0.05) is 35.3 Å². The molecule has 0 bridgehead atoms. The van der Waals surface area contributed by atoms with Crippen molar-refractivity contribution in [3.8, 4) is 5.75 Å². The lowest BCUT2D eigenvalue weighted by atomic mass is 10.1. The summed E-state index contributed by atoms with van der Waals surface area (Å²) in [5.41, 5.74) is 5.46. The molecule has 0 aliphatic heterocycles. The first-order valence-electron chi connectivity index (χ1n) is 9.41. The number of carbonyl (C=O) groups excluding carboxylic acids is 1. The molecule has 0 radical (unpaired) electrons. The van der Waals surface area contributed by atoms with E-state index in [0.717, 1.165) is 11.3 Å². The van der Waals surface area contributed by atoms with Gasteiger partial charge in [-0.2, -0.15) is 0 Å². The van der Waals surface area contributed by atoms with E-state index >= 15 is 0 Å². The van der Waals surface area contributed by atoms with Gasteiger partial charge in [0.15, 0.2) is 6.61 Å². The number of amides is 1. The highest BCUT2D eigenvalue weighted by atomic mass is 35.5. The summed E-state index contributed by atoms with van der Waals surface area (Å²) < 4.78 is 5.72. The van der Waals surface area contributed by atoms with Crippen LogP contribution in [0.25, 0.3) is 0 Å². The van der Waals surface area contributed by atoms with E-state index in [9.17, 15) is 4.79 Å². The van der Waals surface area contributed by atoms with E-state index in [1.807, 2.05) is 38.1 Å². The predicted octanol–water partition coefficient (Wildman–Crippen LogP) is 6.69. The molecule has 0 saturated carbocycles. The lowest BCUT2D eigenvalue weighted by Gasteiger charge is -2.11. The number of anilines is 1. The Balaban J connectivity index is 1.70. The molecule has 0 heterocycles. The smallest absolute Gasteiger partial charge is 0.262 e. The fourth-order valence-electron chi connectivity index (χ4n) is 2.71. The molecule has 0 fully saturated rings. The number of nitrogens with zero attached hydrogens (tertiary/aromatic N) is 1. The topological polar surface area (TPSA) is 50.7 Å². The molecule has 4 nitrogen and oxygen atoms in total. The summed E-state index contributed by atoms with van der Waals surface area (Å²) in [4.78, 5) is 16.8. The molecule has 30 heavy (non-hydrogen) atoms. The Kier molecular flexibility index (Phi) is 7.14. The maximum absolute atomic E-state index is 12.3. The molecule has 3 aromatic rings. The Morgan fingerprint density at radius 1 is 0.967 bits per heavy atom. The third-order valence-electron chi connectivity index (χ3n) is 4.63. The monoisotopic (exact) mass is 440 g/mol. The quantitative estimate of drug-likeness (QED) is 0.434. The zero-order valence-corrected chi connectivity index (χ0v) is 18.5. The largest absolute Gasteiger partial charge is 0.483 e. The first-order chi connectivity index (χ1) is 14.3. The normalized spacial score (nSPS) is 11.0. The summed E-state index contributed by atoms with van der Waals surface area (Å²) >= 11 is 12.2. The number of ether oxygens (including phenoxy) is 1. The summed E-state index contributed by atoms with van der Waals surface area (Å²) in [6, 6.07) is 16.5. The molecule has 0 saturated heterocycles. The van der Waals surface area contributed by atoms with Crippen LogP contribution in [0.3, 0.4) is 0 Å². The van der Waals surface area contributed by atoms with Crippen LogP contribution in [0, 0.1) is 20.8 Å². The molecule has 1 amide bonds. The summed E-state index contributed by atoms with van der Waals surface area (Å²) in [5.74, 6) is 0.228. The van der Waals surface area contributed by atoms with E-state index < -0.39 is 0 Å². The molecular weight excluding hydrogens is 419 g/mol. The van der Waals surface area contributed by atoms with Crippen LogP contribution in [0.1, 0.15) is 22.3 Å². The van der Waals surface area contributed by atoms with Crippen molar-refractivity contribution in [2.75, 3.05) is 11.9 Å². The van der Waals surface area contributed by atoms with Crippen molar-refractivity contribution in [1.29, 1.82) is 0 Å². The van der Waals surface area contributed by atoms with Crippen LogP contribution < -0.4 is 10.1 Å². The van der Waals surface area contributed by atoms with Gasteiger partial charge in [-0.3, -0.25) is 9.79 Å². The van der Waals surface area contributed by atoms with E-state index in [0.29, 0.717) is 27.0 Å². The van der Waals surface area contributed by atoms with Gasteiger partial charge >= 0.3 is 0 Å². The van der Waals surface area contributed by atoms with Gasteiger partial charge in [-0.25, -0.2) is 0 Å². The molecule has 0 atom stereocenters. The fraction of sp³-hybridized carbons (Fsp3) is 0.167. The van der Waals surface area contributed by atoms with Crippen molar-refractivity contribution in [2.45, 2.75) is 20.8 Å². The minimum absolute atomic E-state index is 0.155. The molecule has 3 aromatic carbocycles. The predicted molar refractivity (Wildman–Crippen MR) is 125 cm³/mol. The van der Waals surface area contributed by atoms with Gasteiger partial charge in [0.1, 0.15) is 5.75 Å². The van der Waals surface area contributed by atoms with E-state index in [-0.39, 0.29) is 12.5 Å². The van der Waals surface area contributed by atoms with Gasteiger partial charge in [-0.05, 0) is 79.9 Å². The number of halogens is 2. The zero-order chi connectivity index (χ0) is 21.7. The van der Waals surface area contributed by atoms with Crippen molar-refractivity contribution in [3.05, 3.63) is 86.9 Å². The Morgan fingerprint density at radius 2 is 1.73 bits per heavy atom. The average molecular weight is 441 g/mol. The Labute approximate surface area is 186 Å². The fourth-order valence-corrected chi connectivity index (χ4v) is 3.07. The summed E-state index contributed by atoms with van der Waals surface area (Å²) in [5, 5.41) is 3.92. The second kappa shape index (κ2) is 9.79. The molecule has 0 aliphatic carbocycles.